The molecule has 6 nitrogen and oxygen atoms in total. The second kappa shape index (κ2) is 6.77. The van der Waals surface area contributed by atoms with Crippen LogP contribution in [-0.4, -0.2) is 49.0 Å². The highest BCUT2D eigenvalue weighted by Crippen LogP contribution is 2.19. The molecule has 0 aliphatic carbocycles. The molecule has 1 N–H and O–H groups in total. The second-order valence-electron chi connectivity index (χ2n) is 5.46. The minimum atomic E-state index is -0.239. The van der Waals surface area contributed by atoms with Crippen molar-refractivity contribution in [2.24, 2.45) is 0 Å². The van der Waals surface area contributed by atoms with Gasteiger partial charge >= 0.3 is 0 Å². The van der Waals surface area contributed by atoms with Crippen LogP contribution in [0.3, 0.4) is 0 Å². The van der Waals surface area contributed by atoms with Gasteiger partial charge in [-0.3, -0.25) is 4.79 Å². The fourth-order valence-corrected chi connectivity index (χ4v) is 3.13. The zero-order valence-electron chi connectivity index (χ0n) is 12.8. The lowest BCUT2D eigenvalue weighted by molar-refractivity contribution is 0.103. The number of carbonyl (C=O) groups is 1. The number of amides is 1. The van der Waals surface area contributed by atoms with Gasteiger partial charge in [-0.15, -0.1) is 11.3 Å². The number of rotatable bonds is 3. The van der Waals surface area contributed by atoms with Gasteiger partial charge in [0.15, 0.2) is 0 Å². The van der Waals surface area contributed by atoms with E-state index in [9.17, 15) is 4.79 Å². The fraction of sp³-hybridized carbons (Fsp3) is 0.312. The van der Waals surface area contributed by atoms with Crippen molar-refractivity contribution in [2.75, 3.05) is 43.4 Å². The van der Waals surface area contributed by atoms with Crippen LogP contribution in [0.1, 0.15) is 15.2 Å². The summed E-state index contributed by atoms with van der Waals surface area (Å²) in [6, 6.07) is 7.39. The van der Waals surface area contributed by atoms with Gasteiger partial charge in [0.1, 0.15) is 11.9 Å². The zero-order valence-corrected chi connectivity index (χ0v) is 13.6. The first kappa shape index (κ1) is 15.5. The number of thiophene rings is 1. The molecule has 0 radical (unpaired) electrons. The lowest BCUT2D eigenvalue weighted by Gasteiger charge is -2.33. The summed E-state index contributed by atoms with van der Waals surface area (Å²) >= 11 is 1.25. The van der Waals surface area contributed by atoms with E-state index in [1.165, 1.54) is 11.3 Å². The largest absolute Gasteiger partial charge is 0.368 e. The summed E-state index contributed by atoms with van der Waals surface area (Å²) in [6.07, 6.45) is 1.79. The van der Waals surface area contributed by atoms with E-state index >= 15 is 0 Å². The van der Waals surface area contributed by atoms with Crippen molar-refractivity contribution in [3.05, 3.63) is 40.2 Å². The molecule has 2 aromatic rings. The van der Waals surface area contributed by atoms with Crippen molar-refractivity contribution >= 4 is 28.7 Å². The van der Waals surface area contributed by atoms with Gasteiger partial charge in [-0.25, -0.2) is 4.98 Å². The maximum Gasteiger partial charge on any atom is 0.266 e. The van der Waals surface area contributed by atoms with Crippen LogP contribution in [0.5, 0.6) is 0 Å². The van der Waals surface area contributed by atoms with E-state index in [4.69, 9.17) is 5.26 Å². The maximum atomic E-state index is 12.1. The van der Waals surface area contributed by atoms with Crippen molar-refractivity contribution in [1.29, 1.82) is 5.26 Å². The molecule has 1 amide bonds. The highest BCUT2D eigenvalue weighted by Gasteiger charge is 2.15. The number of anilines is 2. The molecule has 2 aromatic heterocycles. The Kier molecular flexibility index (Phi) is 4.55. The van der Waals surface area contributed by atoms with Crippen LogP contribution in [0, 0.1) is 11.3 Å². The monoisotopic (exact) mass is 327 g/mol. The topological polar surface area (TPSA) is 72.3 Å². The van der Waals surface area contributed by atoms with Gasteiger partial charge in [0, 0.05) is 31.6 Å². The van der Waals surface area contributed by atoms with Crippen LogP contribution in [0.15, 0.2) is 29.8 Å². The Balaban J connectivity index is 1.63. The van der Waals surface area contributed by atoms with Gasteiger partial charge < -0.3 is 15.1 Å². The molecule has 0 aromatic carbocycles. The molecule has 1 aliphatic rings. The summed E-state index contributed by atoms with van der Waals surface area (Å²) in [5.41, 5.74) is 1.57. The number of hydrogen-bond donors (Lipinski definition) is 1. The van der Waals surface area contributed by atoms with Gasteiger partial charge in [-0.1, -0.05) is 0 Å². The lowest BCUT2D eigenvalue weighted by Crippen LogP contribution is -2.44. The molecule has 0 bridgehead atoms. The van der Waals surface area contributed by atoms with Crippen LogP contribution in [0.25, 0.3) is 0 Å². The quantitative estimate of drug-likeness (QED) is 0.934. The Hall–Kier alpha value is -2.43. The highest BCUT2D eigenvalue weighted by atomic mass is 32.1. The van der Waals surface area contributed by atoms with Crippen molar-refractivity contribution in [3.63, 3.8) is 0 Å². The van der Waals surface area contributed by atoms with Gasteiger partial charge in [-0.2, -0.15) is 5.26 Å². The average molecular weight is 327 g/mol. The van der Waals surface area contributed by atoms with E-state index in [1.807, 2.05) is 18.2 Å². The molecule has 3 rings (SSSR count). The summed E-state index contributed by atoms with van der Waals surface area (Å²) in [7, 11) is 2.12. The molecule has 0 saturated carbocycles. The van der Waals surface area contributed by atoms with Gasteiger partial charge in [0.2, 0.25) is 0 Å². The predicted molar refractivity (Wildman–Crippen MR) is 90.9 cm³/mol. The number of pyridine rings is 1. The molecule has 1 aliphatic heterocycles. The molecule has 0 unspecified atom stereocenters. The fourth-order valence-electron chi connectivity index (χ4n) is 2.40. The first-order chi connectivity index (χ1) is 11.2. The number of aromatic nitrogens is 1. The van der Waals surface area contributed by atoms with Crippen molar-refractivity contribution in [2.45, 2.75) is 0 Å². The normalized spacial score (nSPS) is 15.2. The second-order valence-corrected chi connectivity index (χ2v) is 6.37. The number of carbonyl (C=O) groups excluding carboxylic acids is 1. The first-order valence-corrected chi connectivity index (χ1v) is 8.23. The van der Waals surface area contributed by atoms with Crippen molar-refractivity contribution in [3.8, 4) is 6.07 Å². The van der Waals surface area contributed by atoms with Crippen molar-refractivity contribution in [1.82, 2.24) is 9.88 Å². The third-order valence-corrected chi connectivity index (χ3v) is 4.74. The van der Waals surface area contributed by atoms with Crippen LogP contribution in [0.2, 0.25) is 0 Å². The van der Waals surface area contributed by atoms with E-state index < -0.39 is 0 Å². The van der Waals surface area contributed by atoms with Crippen LogP contribution in [-0.2, 0) is 0 Å². The van der Waals surface area contributed by atoms with Gasteiger partial charge in [0.05, 0.1) is 22.3 Å². The lowest BCUT2D eigenvalue weighted by atomic mass is 10.3. The maximum absolute atomic E-state index is 12.1. The molecule has 1 saturated heterocycles. The third kappa shape index (κ3) is 3.67. The summed E-state index contributed by atoms with van der Waals surface area (Å²) in [6.45, 7) is 4.04. The zero-order chi connectivity index (χ0) is 16.2. The van der Waals surface area contributed by atoms with E-state index in [0.29, 0.717) is 16.3 Å². The molecule has 0 spiro atoms. The molecular weight excluding hydrogens is 310 g/mol. The van der Waals surface area contributed by atoms with Gasteiger partial charge in [-0.05, 0) is 25.2 Å². The molecule has 7 heteroatoms. The Morgan fingerprint density at radius 1 is 1.35 bits per heavy atom. The standard InChI is InChI=1S/C16H17N5OS/c1-20-4-6-21(7-5-20)13-2-3-15(18-10-13)19-16(22)14-8-12(9-17)11-23-14/h2-3,8,10-11H,4-7H2,1H3,(H,18,19,22). The number of piperazine rings is 1. The van der Waals surface area contributed by atoms with E-state index in [1.54, 1.807) is 17.6 Å². The van der Waals surface area contributed by atoms with E-state index in [2.05, 4.69) is 27.1 Å². The number of nitrogens with zero attached hydrogens (tertiary/aromatic N) is 4. The number of likely N-dealkylation sites (N-methyl/N-ethyl adjacent to an activating group) is 1. The summed E-state index contributed by atoms with van der Waals surface area (Å²) < 4.78 is 0. The Bertz CT molecular complexity index is 726. The van der Waals surface area contributed by atoms with E-state index in [-0.39, 0.29) is 5.91 Å². The Morgan fingerprint density at radius 3 is 2.74 bits per heavy atom. The third-order valence-electron chi connectivity index (χ3n) is 3.81. The molecule has 118 valence electrons. The molecule has 3 heterocycles. The molecule has 0 atom stereocenters. The molecule has 23 heavy (non-hydrogen) atoms. The molecule has 1 fully saturated rings. The highest BCUT2D eigenvalue weighted by molar-refractivity contribution is 7.12. The number of nitriles is 1. The van der Waals surface area contributed by atoms with Gasteiger partial charge in [0.25, 0.3) is 5.91 Å². The van der Waals surface area contributed by atoms with Crippen LogP contribution in [0.4, 0.5) is 11.5 Å². The summed E-state index contributed by atoms with van der Waals surface area (Å²) in [5, 5.41) is 13.2. The smallest absolute Gasteiger partial charge is 0.266 e. The number of hydrogen-bond acceptors (Lipinski definition) is 6. The van der Waals surface area contributed by atoms with Crippen molar-refractivity contribution < 1.29 is 4.79 Å². The van der Waals surface area contributed by atoms with Crippen LogP contribution >= 0.6 is 11.3 Å². The SMILES string of the molecule is CN1CCN(c2ccc(NC(=O)c3cc(C#N)cs3)nc2)CC1. The summed E-state index contributed by atoms with van der Waals surface area (Å²) in [4.78, 5) is 21.5. The average Bonchev–Trinajstić information content (AvgIpc) is 3.06. The first-order valence-electron chi connectivity index (χ1n) is 7.35. The van der Waals surface area contributed by atoms with E-state index in [0.717, 1.165) is 31.9 Å². The predicted octanol–water partition coefficient (Wildman–Crippen LogP) is 2.02. The minimum Gasteiger partial charge on any atom is -0.368 e. The summed E-state index contributed by atoms with van der Waals surface area (Å²) in [5.74, 6) is 0.274. The minimum absolute atomic E-state index is 0.239. The van der Waals surface area contributed by atoms with Crippen LogP contribution < -0.4 is 10.2 Å². The number of nitrogens with one attached hydrogen (secondary N) is 1. The Labute approximate surface area is 139 Å². The molecular formula is C16H17N5OS. The Morgan fingerprint density at radius 2 is 2.13 bits per heavy atom.